The minimum atomic E-state index is 0.0820. The summed E-state index contributed by atoms with van der Waals surface area (Å²) in [6.07, 6.45) is 5.52. The van der Waals surface area contributed by atoms with Gasteiger partial charge in [0, 0.05) is 25.4 Å². The Bertz CT molecular complexity index is 377. The first-order valence-corrected chi connectivity index (χ1v) is 5.54. The number of hydrogen-bond donors (Lipinski definition) is 0. The molecule has 15 heavy (non-hydrogen) atoms. The Balaban J connectivity index is 1.97. The van der Waals surface area contributed by atoms with Crippen LogP contribution < -0.4 is 5.56 Å². The lowest BCUT2D eigenvalue weighted by Crippen LogP contribution is -2.21. The molecular formula is C12H17NO2. The van der Waals surface area contributed by atoms with E-state index in [9.17, 15) is 4.79 Å². The van der Waals surface area contributed by atoms with Gasteiger partial charge in [0.1, 0.15) is 0 Å². The van der Waals surface area contributed by atoms with Crippen LogP contribution in [0.25, 0.3) is 0 Å². The fourth-order valence-electron chi connectivity index (χ4n) is 1.98. The predicted molar refractivity (Wildman–Crippen MR) is 59.0 cm³/mol. The average molecular weight is 207 g/mol. The van der Waals surface area contributed by atoms with Crippen LogP contribution in [0.1, 0.15) is 24.8 Å². The molecule has 1 atom stereocenters. The van der Waals surface area contributed by atoms with E-state index in [1.165, 1.54) is 0 Å². The van der Waals surface area contributed by atoms with Gasteiger partial charge in [-0.25, -0.2) is 0 Å². The lowest BCUT2D eigenvalue weighted by atomic mass is 10.2. The smallest absolute Gasteiger partial charge is 0.250 e. The van der Waals surface area contributed by atoms with Crippen molar-refractivity contribution in [2.75, 3.05) is 6.61 Å². The topological polar surface area (TPSA) is 31.2 Å². The maximum absolute atomic E-state index is 11.5. The number of ether oxygens (including phenoxy) is 1. The van der Waals surface area contributed by atoms with Crippen LogP contribution in [0.2, 0.25) is 0 Å². The van der Waals surface area contributed by atoms with Crippen LogP contribution >= 0.6 is 0 Å². The van der Waals surface area contributed by atoms with Gasteiger partial charge in [0.05, 0.1) is 6.10 Å². The van der Waals surface area contributed by atoms with Crippen molar-refractivity contribution in [3.8, 4) is 0 Å². The summed E-state index contributed by atoms with van der Waals surface area (Å²) in [7, 11) is 0. The van der Waals surface area contributed by atoms with Crippen LogP contribution in [0.3, 0.4) is 0 Å². The van der Waals surface area contributed by atoms with Gasteiger partial charge in [-0.2, -0.15) is 0 Å². The van der Waals surface area contributed by atoms with Crippen molar-refractivity contribution in [2.45, 2.75) is 38.8 Å². The lowest BCUT2D eigenvalue weighted by molar-refractivity contribution is 0.100. The summed E-state index contributed by atoms with van der Waals surface area (Å²) in [5.41, 5.74) is 1.21. The molecule has 1 aromatic heterocycles. The number of hydrogen-bond acceptors (Lipinski definition) is 2. The van der Waals surface area contributed by atoms with Gasteiger partial charge in [-0.15, -0.1) is 0 Å². The van der Waals surface area contributed by atoms with Crippen LogP contribution in [0.5, 0.6) is 0 Å². The molecule has 1 saturated heterocycles. The zero-order valence-corrected chi connectivity index (χ0v) is 9.11. The Morgan fingerprint density at radius 2 is 2.40 bits per heavy atom. The molecule has 0 N–H and O–H groups in total. The SMILES string of the molecule is Cc1ccc(=O)n(CCC2CCCO2)c1. The molecule has 0 aliphatic carbocycles. The second kappa shape index (κ2) is 4.62. The third-order valence-electron chi connectivity index (χ3n) is 2.85. The zero-order chi connectivity index (χ0) is 10.7. The number of pyridine rings is 1. The van der Waals surface area contributed by atoms with E-state index in [0.717, 1.165) is 38.0 Å². The van der Waals surface area contributed by atoms with E-state index >= 15 is 0 Å². The van der Waals surface area contributed by atoms with Gasteiger partial charge in [0.2, 0.25) is 0 Å². The highest BCUT2D eigenvalue weighted by atomic mass is 16.5. The minimum absolute atomic E-state index is 0.0820. The molecule has 82 valence electrons. The van der Waals surface area contributed by atoms with E-state index in [1.807, 2.05) is 19.2 Å². The van der Waals surface area contributed by atoms with Gasteiger partial charge in [-0.1, -0.05) is 6.07 Å². The van der Waals surface area contributed by atoms with Crippen molar-refractivity contribution in [2.24, 2.45) is 0 Å². The Hall–Kier alpha value is -1.09. The molecule has 0 bridgehead atoms. The first-order chi connectivity index (χ1) is 7.25. The van der Waals surface area contributed by atoms with Crippen LogP contribution in [0, 0.1) is 6.92 Å². The molecule has 3 nitrogen and oxygen atoms in total. The molecule has 0 aromatic carbocycles. The van der Waals surface area contributed by atoms with Gasteiger partial charge >= 0.3 is 0 Å². The fourth-order valence-corrected chi connectivity index (χ4v) is 1.98. The second-order valence-electron chi connectivity index (χ2n) is 4.16. The van der Waals surface area contributed by atoms with Crippen molar-refractivity contribution in [1.82, 2.24) is 4.57 Å². The van der Waals surface area contributed by atoms with Crippen molar-refractivity contribution in [1.29, 1.82) is 0 Å². The summed E-state index contributed by atoms with van der Waals surface area (Å²) in [5, 5.41) is 0. The molecular weight excluding hydrogens is 190 g/mol. The van der Waals surface area contributed by atoms with Gasteiger partial charge in [-0.3, -0.25) is 4.79 Å². The van der Waals surface area contributed by atoms with Gasteiger partial charge < -0.3 is 9.30 Å². The Labute approximate surface area is 89.7 Å². The molecule has 0 saturated carbocycles. The molecule has 2 rings (SSSR count). The van der Waals surface area contributed by atoms with Crippen LogP contribution in [-0.2, 0) is 11.3 Å². The maximum Gasteiger partial charge on any atom is 0.250 e. The average Bonchev–Trinajstić information content (AvgIpc) is 2.72. The Morgan fingerprint density at radius 1 is 1.53 bits per heavy atom. The molecule has 1 aliphatic rings. The van der Waals surface area contributed by atoms with Crippen molar-refractivity contribution >= 4 is 0 Å². The van der Waals surface area contributed by atoms with E-state index in [-0.39, 0.29) is 5.56 Å². The second-order valence-corrected chi connectivity index (χ2v) is 4.16. The lowest BCUT2D eigenvalue weighted by Gasteiger charge is -2.10. The standard InChI is InChI=1S/C12H17NO2/c1-10-4-5-12(14)13(9-10)7-6-11-3-2-8-15-11/h4-5,9,11H,2-3,6-8H2,1H3. The normalized spacial score (nSPS) is 20.7. The van der Waals surface area contributed by atoms with E-state index < -0.39 is 0 Å². The molecule has 1 fully saturated rings. The summed E-state index contributed by atoms with van der Waals surface area (Å²) < 4.78 is 7.30. The van der Waals surface area contributed by atoms with Crippen molar-refractivity contribution < 1.29 is 4.74 Å². The van der Waals surface area contributed by atoms with E-state index in [4.69, 9.17) is 4.74 Å². The Kier molecular flexibility index (Phi) is 3.21. The summed E-state index contributed by atoms with van der Waals surface area (Å²) >= 11 is 0. The van der Waals surface area contributed by atoms with E-state index in [2.05, 4.69) is 0 Å². The third kappa shape index (κ3) is 2.69. The van der Waals surface area contributed by atoms with E-state index in [0.29, 0.717) is 6.10 Å². The highest BCUT2D eigenvalue weighted by Crippen LogP contribution is 2.15. The van der Waals surface area contributed by atoms with Crippen molar-refractivity contribution in [3.05, 3.63) is 34.2 Å². The van der Waals surface area contributed by atoms with Crippen molar-refractivity contribution in [3.63, 3.8) is 0 Å². The highest BCUT2D eigenvalue weighted by Gasteiger charge is 2.14. The van der Waals surface area contributed by atoms with Crippen LogP contribution in [-0.4, -0.2) is 17.3 Å². The summed E-state index contributed by atoms with van der Waals surface area (Å²) in [6, 6.07) is 3.48. The molecule has 1 aliphatic heterocycles. The molecule has 3 heteroatoms. The number of aryl methyl sites for hydroxylation is 2. The summed E-state index contributed by atoms with van der Waals surface area (Å²) in [5.74, 6) is 0. The van der Waals surface area contributed by atoms with Gasteiger partial charge in [0.25, 0.3) is 5.56 Å². The summed E-state index contributed by atoms with van der Waals surface area (Å²) in [4.78, 5) is 11.5. The monoisotopic (exact) mass is 207 g/mol. The fraction of sp³-hybridized carbons (Fsp3) is 0.583. The molecule has 0 radical (unpaired) electrons. The first-order valence-electron chi connectivity index (χ1n) is 5.54. The quantitative estimate of drug-likeness (QED) is 0.755. The molecule has 2 heterocycles. The number of nitrogens with zero attached hydrogens (tertiary/aromatic N) is 1. The van der Waals surface area contributed by atoms with Gasteiger partial charge in [0.15, 0.2) is 0 Å². The predicted octanol–water partition coefficient (Wildman–Crippen LogP) is 1.73. The van der Waals surface area contributed by atoms with Crippen LogP contribution in [0.4, 0.5) is 0 Å². The minimum Gasteiger partial charge on any atom is -0.378 e. The zero-order valence-electron chi connectivity index (χ0n) is 9.11. The van der Waals surface area contributed by atoms with E-state index in [1.54, 1.807) is 10.6 Å². The molecule has 0 spiro atoms. The number of aromatic nitrogens is 1. The third-order valence-corrected chi connectivity index (χ3v) is 2.85. The van der Waals surface area contributed by atoms with Crippen LogP contribution in [0.15, 0.2) is 23.1 Å². The summed E-state index contributed by atoms with van der Waals surface area (Å²) in [6.45, 7) is 3.65. The molecule has 1 aromatic rings. The number of rotatable bonds is 3. The highest BCUT2D eigenvalue weighted by molar-refractivity contribution is 5.07. The Morgan fingerprint density at radius 3 is 3.13 bits per heavy atom. The molecule has 1 unspecified atom stereocenters. The maximum atomic E-state index is 11.5. The molecule has 0 amide bonds. The largest absolute Gasteiger partial charge is 0.378 e. The first kappa shape index (κ1) is 10.4. The van der Waals surface area contributed by atoms with Gasteiger partial charge in [-0.05, 0) is 31.7 Å².